The Labute approximate surface area is 139 Å². The van der Waals surface area contributed by atoms with Crippen LogP contribution < -0.4 is 5.43 Å². The molecule has 0 bridgehead atoms. The molecule has 0 radical (unpaired) electrons. The van der Waals surface area contributed by atoms with Gasteiger partial charge in [-0.1, -0.05) is 18.2 Å². The molecule has 2 aromatic rings. The molecule has 1 N–H and O–H groups in total. The number of nitrogens with zero attached hydrogens (tertiary/aromatic N) is 4. The van der Waals surface area contributed by atoms with Gasteiger partial charge in [0.15, 0.2) is 0 Å². The lowest BCUT2D eigenvalue weighted by Gasteiger charge is -2.09. The maximum absolute atomic E-state index is 12.9. The number of alkyl halides is 3. The lowest BCUT2D eigenvalue weighted by atomic mass is 10.1. The second kappa shape index (κ2) is 6.71. The summed E-state index contributed by atoms with van der Waals surface area (Å²) < 4.78 is 39.6. The molecule has 11 heteroatoms. The maximum atomic E-state index is 12.9. The number of hydrogen-bond donors (Lipinski definition) is 1. The Balaban J connectivity index is 2.25. The van der Waals surface area contributed by atoms with Crippen molar-refractivity contribution in [3.63, 3.8) is 0 Å². The molecule has 1 heterocycles. The van der Waals surface area contributed by atoms with Gasteiger partial charge in [0, 0.05) is 12.6 Å². The van der Waals surface area contributed by atoms with E-state index in [4.69, 9.17) is 0 Å². The van der Waals surface area contributed by atoms with Gasteiger partial charge in [-0.05, 0) is 13.0 Å². The molecule has 8 nitrogen and oxygen atoms in total. The number of halogens is 3. The topological polar surface area (TPSA) is 102 Å². The van der Waals surface area contributed by atoms with Gasteiger partial charge in [-0.2, -0.15) is 23.4 Å². The number of benzene rings is 1. The van der Waals surface area contributed by atoms with Crippen LogP contribution in [0.5, 0.6) is 0 Å². The summed E-state index contributed by atoms with van der Waals surface area (Å²) in [5, 5.41) is 18.3. The van der Waals surface area contributed by atoms with E-state index in [9.17, 15) is 28.1 Å². The summed E-state index contributed by atoms with van der Waals surface area (Å²) in [6, 6.07) is 4.65. The summed E-state index contributed by atoms with van der Waals surface area (Å²) >= 11 is 0. The van der Waals surface area contributed by atoms with Gasteiger partial charge in [0.1, 0.15) is 5.69 Å². The number of aromatic nitrogens is 2. The molecule has 25 heavy (non-hydrogen) atoms. The number of hydrogen-bond acceptors (Lipinski definition) is 5. The van der Waals surface area contributed by atoms with Gasteiger partial charge in [0.2, 0.25) is 5.69 Å². The monoisotopic (exact) mass is 355 g/mol. The van der Waals surface area contributed by atoms with Gasteiger partial charge < -0.3 is 0 Å². The Morgan fingerprint density at radius 2 is 2.04 bits per heavy atom. The first kappa shape index (κ1) is 18.1. The third-order valence-electron chi connectivity index (χ3n) is 3.22. The molecule has 132 valence electrons. The van der Waals surface area contributed by atoms with Gasteiger partial charge in [0.25, 0.3) is 5.91 Å². The van der Waals surface area contributed by atoms with E-state index in [1.807, 2.05) is 5.43 Å². The summed E-state index contributed by atoms with van der Waals surface area (Å²) in [5.41, 5.74) is -0.0265. The number of aryl methyl sites for hydroxylation is 2. The fourth-order valence-corrected chi connectivity index (χ4v) is 2.20. The van der Waals surface area contributed by atoms with Crippen LogP contribution in [0, 0.1) is 17.0 Å². The highest BCUT2D eigenvalue weighted by atomic mass is 19.4. The van der Waals surface area contributed by atoms with Gasteiger partial charge in [-0.3, -0.25) is 19.6 Å². The van der Waals surface area contributed by atoms with Crippen LogP contribution in [0.1, 0.15) is 27.3 Å². The number of carbonyl (C=O) groups excluding carboxylic acids is 1. The van der Waals surface area contributed by atoms with Crippen LogP contribution in [0.4, 0.5) is 18.9 Å². The minimum Gasteiger partial charge on any atom is -0.265 e. The second-order valence-electron chi connectivity index (χ2n) is 4.95. The van der Waals surface area contributed by atoms with Gasteiger partial charge in [-0.25, -0.2) is 5.43 Å². The van der Waals surface area contributed by atoms with Crippen LogP contribution in [-0.2, 0) is 13.2 Å². The molecule has 0 spiro atoms. The highest BCUT2D eigenvalue weighted by Gasteiger charge is 2.32. The van der Waals surface area contributed by atoms with Crippen molar-refractivity contribution < 1.29 is 22.9 Å². The molecule has 0 saturated heterocycles. The van der Waals surface area contributed by atoms with E-state index in [0.29, 0.717) is 0 Å². The van der Waals surface area contributed by atoms with Crippen molar-refractivity contribution in [2.45, 2.75) is 13.1 Å². The summed E-state index contributed by atoms with van der Waals surface area (Å²) in [6.07, 6.45) is -3.76. The lowest BCUT2D eigenvalue weighted by molar-refractivity contribution is -0.385. The smallest absolute Gasteiger partial charge is 0.265 e. The highest BCUT2D eigenvalue weighted by Crippen LogP contribution is 2.31. The predicted octanol–water partition coefficient (Wildman–Crippen LogP) is 2.42. The van der Waals surface area contributed by atoms with Crippen LogP contribution in [0.25, 0.3) is 0 Å². The average Bonchev–Trinajstić information content (AvgIpc) is 2.81. The first-order valence-electron chi connectivity index (χ1n) is 6.80. The Hall–Kier alpha value is -3.24. The third-order valence-corrected chi connectivity index (χ3v) is 3.22. The van der Waals surface area contributed by atoms with Gasteiger partial charge in [-0.15, -0.1) is 0 Å². The standard InChI is InChI=1S/C14H12F3N5O3/c1-8-11(22(24)25)12(21(2)20-8)13(23)19-18-7-9-5-3-4-6-10(9)14(15,16)17/h3-7H,1-2H3,(H,19,23)/b18-7+. The third kappa shape index (κ3) is 3.82. The van der Waals surface area contributed by atoms with Crippen LogP contribution in [0.2, 0.25) is 0 Å². The predicted molar refractivity (Wildman–Crippen MR) is 81.1 cm³/mol. The molecule has 0 aliphatic rings. The zero-order valence-corrected chi connectivity index (χ0v) is 13.0. The number of carbonyl (C=O) groups is 1. The molecule has 0 unspecified atom stereocenters. The number of nitro groups is 1. The van der Waals surface area contributed by atoms with Crippen molar-refractivity contribution in [3.8, 4) is 0 Å². The number of rotatable bonds is 4. The zero-order chi connectivity index (χ0) is 18.8. The molecule has 2 rings (SSSR count). The Morgan fingerprint density at radius 1 is 1.40 bits per heavy atom. The number of nitrogens with one attached hydrogen (secondary N) is 1. The summed E-state index contributed by atoms with van der Waals surface area (Å²) in [5.74, 6) is -0.962. The first-order chi connectivity index (χ1) is 11.6. The van der Waals surface area contributed by atoms with Crippen LogP contribution in [0.3, 0.4) is 0 Å². The fraction of sp³-hybridized carbons (Fsp3) is 0.214. The molecule has 0 atom stereocenters. The van der Waals surface area contributed by atoms with E-state index in [-0.39, 0.29) is 17.0 Å². The Bertz CT molecular complexity index is 858. The molecule has 1 aromatic carbocycles. The second-order valence-corrected chi connectivity index (χ2v) is 4.95. The molecule has 0 aliphatic carbocycles. The van der Waals surface area contributed by atoms with E-state index in [1.54, 1.807) is 0 Å². The number of amides is 1. The molecule has 1 amide bonds. The summed E-state index contributed by atoms with van der Waals surface area (Å²) in [4.78, 5) is 22.3. The molecule has 1 aromatic heterocycles. The minimum atomic E-state index is -4.58. The average molecular weight is 355 g/mol. The van der Waals surface area contributed by atoms with E-state index in [1.165, 1.54) is 32.2 Å². The van der Waals surface area contributed by atoms with Crippen LogP contribution >= 0.6 is 0 Å². The molecule has 0 fully saturated rings. The molecular weight excluding hydrogens is 343 g/mol. The van der Waals surface area contributed by atoms with Crippen LogP contribution in [-0.4, -0.2) is 26.8 Å². The highest BCUT2D eigenvalue weighted by molar-refractivity contribution is 5.97. The summed E-state index contributed by atoms with van der Waals surface area (Å²) in [6.45, 7) is 1.36. The van der Waals surface area contributed by atoms with Crippen molar-refractivity contribution in [2.75, 3.05) is 0 Å². The normalized spacial score (nSPS) is 11.7. The number of hydrazone groups is 1. The molecule has 0 aliphatic heterocycles. The quantitative estimate of drug-likeness (QED) is 0.517. The fourth-order valence-electron chi connectivity index (χ4n) is 2.20. The van der Waals surface area contributed by atoms with Crippen molar-refractivity contribution in [2.24, 2.45) is 12.1 Å². The van der Waals surface area contributed by atoms with E-state index < -0.39 is 28.3 Å². The van der Waals surface area contributed by atoms with Crippen LogP contribution in [0.15, 0.2) is 29.4 Å². The van der Waals surface area contributed by atoms with E-state index in [2.05, 4.69) is 10.2 Å². The van der Waals surface area contributed by atoms with E-state index >= 15 is 0 Å². The van der Waals surface area contributed by atoms with E-state index in [0.717, 1.165) is 17.0 Å². The Morgan fingerprint density at radius 3 is 2.64 bits per heavy atom. The summed E-state index contributed by atoms with van der Waals surface area (Å²) in [7, 11) is 1.33. The van der Waals surface area contributed by atoms with Crippen molar-refractivity contribution in [1.29, 1.82) is 0 Å². The lowest BCUT2D eigenvalue weighted by Crippen LogP contribution is -2.22. The minimum absolute atomic E-state index is 0.0315. The van der Waals surface area contributed by atoms with Gasteiger partial charge >= 0.3 is 11.9 Å². The van der Waals surface area contributed by atoms with Crippen molar-refractivity contribution in [1.82, 2.24) is 15.2 Å². The molecule has 0 saturated carbocycles. The zero-order valence-electron chi connectivity index (χ0n) is 13.0. The van der Waals surface area contributed by atoms with Gasteiger partial charge in [0.05, 0.1) is 16.7 Å². The van der Waals surface area contributed by atoms with Crippen molar-refractivity contribution in [3.05, 3.63) is 56.9 Å². The van der Waals surface area contributed by atoms with Crippen molar-refractivity contribution >= 4 is 17.8 Å². The maximum Gasteiger partial charge on any atom is 0.417 e. The Kier molecular flexibility index (Phi) is 4.86. The largest absolute Gasteiger partial charge is 0.417 e. The first-order valence-corrected chi connectivity index (χ1v) is 6.80. The SMILES string of the molecule is Cc1nn(C)c(C(=O)N/N=C/c2ccccc2C(F)(F)F)c1[N+](=O)[O-]. The molecular formula is C14H12F3N5O3.